The average Bonchev–Trinajstić information content (AvgIpc) is 2.75. The Morgan fingerprint density at radius 1 is 1.53 bits per heavy atom. The average molecular weight is 300 g/mol. The zero-order valence-corrected chi connectivity index (χ0v) is 11.0. The highest BCUT2D eigenvalue weighted by Crippen LogP contribution is 2.38. The first-order chi connectivity index (χ1) is 8.00. The summed E-state index contributed by atoms with van der Waals surface area (Å²) in [5.74, 6) is -0.897. The first-order valence-corrected chi connectivity index (χ1v) is 6.24. The van der Waals surface area contributed by atoms with E-state index >= 15 is 0 Å². The number of carbonyl (C=O) groups is 1. The highest BCUT2D eigenvalue weighted by molar-refractivity contribution is 9.10. The number of nitrogens with one attached hydrogen (secondary N) is 1. The van der Waals surface area contributed by atoms with Crippen molar-refractivity contribution in [3.8, 4) is 5.75 Å². The quantitative estimate of drug-likeness (QED) is 0.783. The van der Waals surface area contributed by atoms with Crippen molar-refractivity contribution in [3.63, 3.8) is 0 Å². The monoisotopic (exact) mass is 299 g/mol. The van der Waals surface area contributed by atoms with E-state index in [0.717, 1.165) is 11.1 Å². The van der Waals surface area contributed by atoms with Gasteiger partial charge in [-0.2, -0.15) is 0 Å². The summed E-state index contributed by atoms with van der Waals surface area (Å²) in [7, 11) is 0. The highest BCUT2D eigenvalue weighted by atomic mass is 79.9. The lowest BCUT2D eigenvalue weighted by Crippen LogP contribution is -2.17. The first-order valence-electron chi connectivity index (χ1n) is 5.45. The van der Waals surface area contributed by atoms with Crippen LogP contribution in [0.1, 0.15) is 23.6 Å². The van der Waals surface area contributed by atoms with Gasteiger partial charge in [0.1, 0.15) is 5.75 Å². The fourth-order valence-corrected chi connectivity index (χ4v) is 2.83. The van der Waals surface area contributed by atoms with Crippen molar-refractivity contribution in [2.75, 3.05) is 6.54 Å². The minimum Gasteiger partial charge on any atom is -0.506 e. The molecule has 1 heterocycles. The van der Waals surface area contributed by atoms with Crippen molar-refractivity contribution < 1.29 is 15.0 Å². The Hall–Kier alpha value is -1.07. The van der Waals surface area contributed by atoms with Gasteiger partial charge < -0.3 is 15.5 Å². The maximum atomic E-state index is 10.9. The second-order valence-electron chi connectivity index (χ2n) is 4.37. The number of carboxylic acid groups (broad SMARTS) is 1. The van der Waals surface area contributed by atoms with Gasteiger partial charge in [-0.15, -0.1) is 0 Å². The molecule has 0 aromatic heterocycles. The van der Waals surface area contributed by atoms with Gasteiger partial charge in [-0.25, -0.2) is 0 Å². The molecule has 1 aliphatic heterocycles. The molecule has 2 unspecified atom stereocenters. The first kappa shape index (κ1) is 12.4. The molecule has 1 aliphatic rings. The summed E-state index contributed by atoms with van der Waals surface area (Å²) < 4.78 is 0.654. The lowest BCUT2D eigenvalue weighted by atomic mass is 9.99. The fourth-order valence-electron chi connectivity index (χ4n) is 2.11. The minimum absolute atomic E-state index is 0.0167. The lowest BCUT2D eigenvalue weighted by molar-refractivity contribution is -0.141. The van der Waals surface area contributed by atoms with Gasteiger partial charge in [0.15, 0.2) is 0 Å². The normalized spacial score (nSPS) is 23.9. The van der Waals surface area contributed by atoms with E-state index in [1.165, 1.54) is 0 Å². The number of benzene rings is 1. The predicted molar refractivity (Wildman–Crippen MR) is 67.0 cm³/mol. The fraction of sp³-hybridized carbons (Fsp3) is 0.417. The van der Waals surface area contributed by atoms with Crippen molar-refractivity contribution in [3.05, 3.63) is 27.7 Å². The van der Waals surface area contributed by atoms with Gasteiger partial charge in [0.2, 0.25) is 0 Å². The molecule has 4 nitrogen and oxygen atoms in total. The Morgan fingerprint density at radius 3 is 2.82 bits per heavy atom. The van der Waals surface area contributed by atoms with E-state index in [2.05, 4.69) is 21.2 Å². The van der Waals surface area contributed by atoms with Crippen LogP contribution in [0.3, 0.4) is 0 Å². The van der Waals surface area contributed by atoms with Crippen LogP contribution in [0.25, 0.3) is 0 Å². The van der Waals surface area contributed by atoms with E-state index in [1.807, 2.05) is 19.1 Å². The Morgan fingerprint density at radius 2 is 2.24 bits per heavy atom. The molecule has 0 spiro atoms. The van der Waals surface area contributed by atoms with E-state index in [-0.39, 0.29) is 17.7 Å². The largest absolute Gasteiger partial charge is 0.506 e. The van der Waals surface area contributed by atoms with Crippen LogP contribution in [0.5, 0.6) is 5.75 Å². The molecule has 1 saturated heterocycles. The topological polar surface area (TPSA) is 69.6 Å². The van der Waals surface area contributed by atoms with Gasteiger partial charge in [-0.05, 0) is 40.4 Å². The second kappa shape index (κ2) is 4.66. The third kappa shape index (κ3) is 2.30. The Kier molecular flexibility index (Phi) is 3.40. The van der Waals surface area contributed by atoms with Crippen LogP contribution >= 0.6 is 15.9 Å². The molecule has 0 bridgehead atoms. The number of hydrogen-bond donors (Lipinski definition) is 3. The molecule has 0 aliphatic carbocycles. The van der Waals surface area contributed by atoms with Gasteiger partial charge >= 0.3 is 5.97 Å². The second-order valence-corrected chi connectivity index (χ2v) is 5.16. The number of phenolic OH excluding ortho intramolecular Hbond substituents is 1. The molecular formula is C12H14BrNO3. The smallest absolute Gasteiger partial charge is 0.307 e. The van der Waals surface area contributed by atoms with Crippen LogP contribution in [0.15, 0.2) is 16.6 Å². The third-order valence-corrected chi connectivity index (χ3v) is 4.04. The summed E-state index contributed by atoms with van der Waals surface area (Å²) in [4.78, 5) is 10.9. The molecule has 5 heteroatoms. The molecular weight excluding hydrogens is 286 g/mol. The zero-order valence-electron chi connectivity index (χ0n) is 9.40. The number of phenols is 1. The van der Waals surface area contributed by atoms with Crippen LogP contribution in [0, 0.1) is 12.8 Å². The molecule has 3 N–H and O–H groups in total. The Bertz CT molecular complexity index is 461. The summed E-state index contributed by atoms with van der Waals surface area (Å²) in [5, 5.41) is 21.9. The van der Waals surface area contributed by atoms with E-state index < -0.39 is 5.97 Å². The molecule has 17 heavy (non-hydrogen) atoms. The molecule has 1 aromatic rings. The van der Waals surface area contributed by atoms with Crippen LogP contribution in [0.2, 0.25) is 0 Å². The van der Waals surface area contributed by atoms with Gasteiger partial charge in [-0.3, -0.25) is 4.79 Å². The molecule has 2 atom stereocenters. The van der Waals surface area contributed by atoms with Crippen molar-refractivity contribution in [1.29, 1.82) is 0 Å². The number of aryl methyl sites for hydroxylation is 1. The molecule has 92 valence electrons. The maximum absolute atomic E-state index is 10.9. The van der Waals surface area contributed by atoms with Crippen LogP contribution in [-0.4, -0.2) is 22.7 Å². The number of carboxylic acids is 1. The minimum atomic E-state index is -0.771. The molecule has 2 rings (SSSR count). The summed E-state index contributed by atoms with van der Waals surface area (Å²) in [6.45, 7) is 2.30. The summed E-state index contributed by atoms with van der Waals surface area (Å²) in [6, 6.07) is 3.74. The molecule has 0 saturated carbocycles. The van der Waals surface area contributed by atoms with Gasteiger partial charge in [0.05, 0.1) is 10.4 Å². The van der Waals surface area contributed by atoms with Gasteiger partial charge in [0, 0.05) is 12.6 Å². The zero-order chi connectivity index (χ0) is 12.6. The number of aliphatic carboxylic acids is 1. The lowest BCUT2D eigenvalue weighted by Gasteiger charge is -2.14. The number of aromatic hydroxyl groups is 1. The van der Waals surface area contributed by atoms with Gasteiger partial charge in [-0.1, -0.05) is 12.1 Å². The van der Waals surface area contributed by atoms with Crippen LogP contribution < -0.4 is 5.32 Å². The van der Waals surface area contributed by atoms with Crippen molar-refractivity contribution in [1.82, 2.24) is 5.32 Å². The van der Waals surface area contributed by atoms with Crippen molar-refractivity contribution in [2.24, 2.45) is 5.92 Å². The van der Waals surface area contributed by atoms with E-state index in [0.29, 0.717) is 17.4 Å². The Balaban J connectivity index is 2.25. The Labute approximate surface area is 108 Å². The van der Waals surface area contributed by atoms with E-state index in [1.54, 1.807) is 0 Å². The summed E-state index contributed by atoms with van der Waals surface area (Å²) in [5.41, 5.74) is 1.71. The number of hydrogen-bond acceptors (Lipinski definition) is 3. The molecule has 1 aromatic carbocycles. The van der Waals surface area contributed by atoms with Crippen molar-refractivity contribution >= 4 is 21.9 Å². The van der Waals surface area contributed by atoms with Crippen molar-refractivity contribution in [2.45, 2.75) is 19.4 Å². The summed E-state index contributed by atoms with van der Waals surface area (Å²) in [6.07, 6.45) is 0.552. The van der Waals surface area contributed by atoms with Gasteiger partial charge in [0.25, 0.3) is 0 Å². The third-order valence-electron chi connectivity index (χ3n) is 3.20. The molecule has 0 amide bonds. The number of rotatable bonds is 2. The summed E-state index contributed by atoms with van der Waals surface area (Å²) >= 11 is 3.36. The SMILES string of the molecule is Cc1ccc(C2CC(C(=O)O)CN2)c(Br)c1O. The standard InChI is InChI=1S/C12H14BrNO3/c1-6-2-3-8(10(13)11(6)15)9-4-7(5-14-9)12(16)17/h2-3,7,9,14-15H,4-5H2,1H3,(H,16,17). The molecule has 1 fully saturated rings. The van der Waals surface area contributed by atoms with Crippen LogP contribution in [0.4, 0.5) is 0 Å². The molecule has 0 radical (unpaired) electrons. The highest BCUT2D eigenvalue weighted by Gasteiger charge is 2.31. The van der Waals surface area contributed by atoms with E-state index in [9.17, 15) is 9.90 Å². The van der Waals surface area contributed by atoms with Crippen LogP contribution in [-0.2, 0) is 4.79 Å². The van der Waals surface area contributed by atoms with E-state index in [4.69, 9.17) is 5.11 Å². The number of halogens is 1. The maximum Gasteiger partial charge on any atom is 0.307 e. The predicted octanol–water partition coefficient (Wildman–Crippen LogP) is 2.20.